The third-order valence-electron chi connectivity index (χ3n) is 1.63. The summed E-state index contributed by atoms with van der Waals surface area (Å²) in [6.07, 6.45) is -19.1. The summed E-state index contributed by atoms with van der Waals surface area (Å²) in [4.78, 5) is 11.8. The highest BCUT2D eigenvalue weighted by atomic mass is 19.4. The topological polar surface area (TPSA) is 35.5 Å². The van der Waals surface area contributed by atoms with Gasteiger partial charge in [0.1, 0.15) is 0 Å². The van der Waals surface area contributed by atoms with E-state index < -0.39 is 36.5 Å². The van der Waals surface area contributed by atoms with Gasteiger partial charge >= 0.3 is 36.5 Å². The summed E-state index contributed by atoms with van der Waals surface area (Å²) in [5.41, 5.74) is 0. The first kappa shape index (κ1) is 18.7. The lowest BCUT2D eigenvalue weighted by molar-refractivity contribution is -0.459. The van der Waals surface area contributed by atoms with Crippen LogP contribution >= 0.6 is 0 Å². The molecule has 3 nitrogen and oxygen atoms in total. The number of ether oxygens (including phenoxy) is 1. The molecule has 0 saturated carbocycles. The molecule has 0 N–H and O–H groups in total. The zero-order chi connectivity index (χ0) is 16.6. The summed E-state index contributed by atoms with van der Waals surface area (Å²) in [5, 5.41) is 0. The Hall–Kier alpha value is -1.34. The van der Waals surface area contributed by atoms with Crippen LogP contribution in [-0.2, 0) is 14.5 Å². The molecule has 0 spiro atoms. The summed E-state index contributed by atoms with van der Waals surface area (Å²) in [7, 11) is 0. The molecular formula is C6HF11O3. The second kappa shape index (κ2) is 5.21. The monoisotopic (exact) mass is 330 g/mol. The van der Waals surface area contributed by atoms with E-state index in [0.717, 1.165) is 0 Å². The number of rotatable bonds is 5. The Morgan fingerprint density at radius 3 is 1.55 bits per heavy atom. The fraction of sp³-hybridized carbons (Fsp3) is 0.833. The lowest BCUT2D eigenvalue weighted by Crippen LogP contribution is -2.59. The van der Waals surface area contributed by atoms with E-state index in [9.17, 15) is 53.2 Å². The third kappa shape index (κ3) is 3.04. The minimum Gasteiger partial charge on any atom is -0.263 e. The van der Waals surface area contributed by atoms with E-state index in [1.54, 1.807) is 4.94 Å². The molecule has 0 aliphatic heterocycles. The van der Waals surface area contributed by atoms with Crippen LogP contribution in [0.25, 0.3) is 0 Å². The summed E-state index contributed by atoms with van der Waals surface area (Å²) in [6.45, 7) is 0. The fourth-order valence-electron chi connectivity index (χ4n) is 0.644. The molecule has 1 unspecified atom stereocenters. The minimum absolute atomic E-state index is 1.74. The highest BCUT2D eigenvalue weighted by Gasteiger charge is 2.77. The summed E-state index contributed by atoms with van der Waals surface area (Å²) in [6, 6.07) is 0. The predicted octanol–water partition coefficient (Wildman–Crippen LogP) is 3.15. The van der Waals surface area contributed by atoms with E-state index in [-0.39, 0.29) is 0 Å². The molecule has 0 aliphatic rings. The molecule has 14 heteroatoms. The van der Waals surface area contributed by atoms with Crippen LogP contribution < -0.4 is 0 Å². The maximum absolute atomic E-state index is 12.9. The van der Waals surface area contributed by atoms with Crippen molar-refractivity contribution in [2.45, 2.75) is 30.5 Å². The van der Waals surface area contributed by atoms with E-state index in [2.05, 4.69) is 0 Å². The third-order valence-corrected chi connectivity index (χ3v) is 1.63. The van der Waals surface area contributed by atoms with Gasteiger partial charge in [0.15, 0.2) is 0 Å². The van der Waals surface area contributed by atoms with Crippen LogP contribution in [0.15, 0.2) is 0 Å². The van der Waals surface area contributed by atoms with Crippen LogP contribution in [-0.4, -0.2) is 36.5 Å². The summed E-state index contributed by atoms with van der Waals surface area (Å²) in [5.74, 6) is -16.6. The van der Waals surface area contributed by atoms with Gasteiger partial charge in [-0.1, -0.05) is 0 Å². The van der Waals surface area contributed by atoms with Crippen LogP contribution in [0.2, 0.25) is 0 Å². The molecular weight excluding hydrogens is 329 g/mol. The maximum Gasteiger partial charge on any atom is 0.462 e. The van der Waals surface area contributed by atoms with Gasteiger partial charge in [-0.25, -0.2) is 18.5 Å². The highest BCUT2D eigenvalue weighted by molar-refractivity contribution is 5.77. The number of hydrogen-bond donors (Lipinski definition) is 0. The average molecular weight is 330 g/mol. The van der Waals surface area contributed by atoms with Crippen LogP contribution in [0, 0.1) is 0 Å². The van der Waals surface area contributed by atoms with Crippen molar-refractivity contribution in [2.24, 2.45) is 0 Å². The molecule has 0 bridgehead atoms. The van der Waals surface area contributed by atoms with E-state index >= 15 is 0 Å². The molecule has 0 heterocycles. The smallest absolute Gasteiger partial charge is 0.263 e. The Morgan fingerprint density at radius 1 is 0.900 bits per heavy atom. The van der Waals surface area contributed by atoms with E-state index in [1.165, 1.54) is 0 Å². The van der Waals surface area contributed by atoms with Crippen LogP contribution in [0.5, 0.6) is 0 Å². The van der Waals surface area contributed by atoms with Crippen molar-refractivity contribution in [1.82, 2.24) is 0 Å². The maximum atomic E-state index is 12.9. The number of hydrogen-bond acceptors (Lipinski definition) is 3. The lowest BCUT2D eigenvalue weighted by atomic mass is 10.2. The van der Waals surface area contributed by atoms with Crippen molar-refractivity contribution >= 4 is 5.97 Å². The number of alkyl halides is 10. The Labute approximate surface area is 101 Å². The summed E-state index contributed by atoms with van der Waals surface area (Å²) >= 11 is 0. The lowest BCUT2D eigenvalue weighted by Gasteiger charge is -2.31. The van der Waals surface area contributed by atoms with Gasteiger partial charge in [0.2, 0.25) is 0 Å². The van der Waals surface area contributed by atoms with Crippen LogP contribution in [0.1, 0.15) is 0 Å². The van der Waals surface area contributed by atoms with Crippen molar-refractivity contribution < 1.29 is 62.9 Å². The van der Waals surface area contributed by atoms with Gasteiger partial charge in [-0.3, -0.25) is 4.74 Å². The molecule has 0 aromatic rings. The first-order valence-electron chi connectivity index (χ1n) is 3.96. The van der Waals surface area contributed by atoms with Gasteiger partial charge in [0.05, 0.1) is 0 Å². The zero-order valence-corrected chi connectivity index (χ0v) is 8.46. The Balaban J connectivity index is 5.60. The standard InChI is InChI=1S/C6HF11O3/c7-1(8)3(9,2(18)19-17)20-6(15,16)4(10,11)5(12,13)14/h1H. The molecule has 0 aromatic heterocycles. The SMILES string of the molecule is O=C(OF)C(F)(OC(F)(F)C(F)(F)C(F)(F)F)C(F)F. The molecule has 0 aromatic carbocycles. The molecule has 0 saturated heterocycles. The van der Waals surface area contributed by atoms with Gasteiger partial charge in [-0.15, -0.1) is 0 Å². The van der Waals surface area contributed by atoms with Crippen molar-refractivity contribution in [3.63, 3.8) is 0 Å². The first-order valence-corrected chi connectivity index (χ1v) is 3.96. The minimum atomic E-state index is -7.15. The van der Waals surface area contributed by atoms with Gasteiger partial charge in [-0.05, 0) is 0 Å². The Bertz CT molecular complexity index is 364. The fourth-order valence-corrected chi connectivity index (χ4v) is 0.644. The quantitative estimate of drug-likeness (QED) is 0.727. The molecule has 1 atom stereocenters. The Morgan fingerprint density at radius 2 is 1.30 bits per heavy atom. The second-order valence-electron chi connectivity index (χ2n) is 3.00. The van der Waals surface area contributed by atoms with Crippen molar-refractivity contribution in [3.05, 3.63) is 0 Å². The predicted molar refractivity (Wildman–Crippen MR) is 34.1 cm³/mol. The first-order chi connectivity index (χ1) is 8.63. The highest BCUT2D eigenvalue weighted by Crippen LogP contribution is 2.49. The number of carbonyl (C=O) groups excluding carboxylic acids is 1. The van der Waals surface area contributed by atoms with Crippen molar-refractivity contribution in [2.75, 3.05) is 0 Å². The molecule has 20 heavy (non-hydrogen) atoms. The number of carbonyl (C=O) groups is 1. The second-order valence-corrected chi connectivity index (χ2v) is 3.00. The van der Waals surface area contributed by atoms with Crippen molar-refractivity contribution in [1.29, 1.82) is 0 Å². The van der Waals surface area contributed by atoms with E-state index in [1.807, 2.05) is 4.74 Å². The van der Waals surface area contributed by atoms with E-state index in [4.69, 9.17) is 0 Å². The van der Waals surface area contributed by atoms with Crippen molar-refractivity contribution in [3.8, 4) is 0 Å². The normalized spacial score (nSPS) is 17.0. The molecule has 120 valence electrons. The van der Waals surface area contributed by atoms with Crippen LogP contribution in [0.3, 0.4) is 0 Å². The molecule has 0 aliphatic carbocycles. The number of halogens is 11. The zero-order valence-electron chi connectivity index (χ0n) is 8.46. The Kier molecular flexibility index (Phi) is 4.86. The summed E-state index contributed by atoms with van der Waals surface area (Å²) < 4.78 is 134. The molecule has 0 amide bonds. The van der Waals surface area contributed by atoms with Crippen LogP contribution in [0.4, 0.5) is 48.4 Å². The average Bonchev–Trinajstić information content (AvgIpc) is 2.24. The molecule has 0 fully saturated rings. The van der Waals surface area contributed by atoms with E-state index in [0.29, 0.717) is 0 Å². The van der Waals surface area contributed by atoms with Gasteiger partial charge in [0.25, 0.3) is 0 Å². The molecule has 0 radical (unpaired) electrons. The molecule has 0 rings (SSSR count). The van der Waals surface area contributed by atoms with Gasteiger partial charge in [-0.2, -0.15) is 35.1 Å². The van der Waals surface area contributed by atoms with Gasteiger partial charge < -0.3 is 0 Å². The largest absolute Gasteiger partial charge is 0.462 e. The van der Waals surface area contributed by atoms with Gasteiger partial charge in [0, 0.05) is 4.53 Å².